The van der Waals surface area contributed by atoms with Crippen molar-refractivity contribution in [3.63, 3.8) is 0 Å². The lowest BCUT2D eigenvalue weighted by Crippen LogP contribution is -2.46. The van der Waals surface area contributed by atoms with Crippen LogP contribution in [0.2, 0.25) is 0 Å². The number of nitrogens with one attached hydrogen (secondary N) is 1. The topological polar surface area (TPSA) is 54.0 Å². The third kappa shape index (κ3) is 3.06. The van der Waals surface area contributed by atoms with Crippen molar-refractivity contribution in [1.29, 1.82) is 0 Å². The third-order valence-corrected chi connectivity index (χ3v) is 3.79. The molecule has 0 bridgehead atoms. The Morgan fingerprint density at radius 3 is 2.20 bits per heavy atom. The van der Waals surface area contributed by atoms with Crippen LogP contribution in [-0.4, -0.2) is 57.0 Å². The van der Waals surface area contributed by atoms with Crippen LogP contribution in [0.15, 0.2) is 12.1 Å². The van der Waals surface area contributed by atoms with Crippen LogP contribution >= 0.6 is 0 Å². The van der Waals surface area contributed by atoms with E-state index in [1.165, 1.54) is 0 Å². The first-order chi connectivity index (χ1) is 9.71. The van der Waals surface area contributed by atoms with E-state index in [0.29, 0.717) is 0 Å². The normalized spacial score (nSPS) is 17.8. The Kier molecular flexibility index (Phi) is 5.23. The van der Waals surface area contributed by atoms with Gasteiger partial charge in [0.15, 0.2) is 0 Å². The summed E-state index contributed by atoms with van der Waals surface area (Å²) in [5.41, 5.74) is 2.02. The Morgan fingerprint density at radius 1 is 1.20 bits per heavy atom. The first kappa shape index (κ1) is 15.1. The van der Waals surface area contributed by atoms with Gasteiger partial charge in [0.2, 0.25) is 0 Å². The molecule has 112 valence electrons. The third-order valence-electron chi connectivity index (χ3n) is 3.79. The second-order valence-corrected chi connectivity index (χ2v) is 5.07. The highest BCUT2D eigenvalue weighted by atomic mass is 16.5. The number of hydrogen-bond acceptors (Lipinski definition) is 5. The van der Waals surface area contributed by atoms with Gasteiger partial charge in [-0.1, -0.05) is 0 Å². The standard InChI is InChI=1S/C15H24N2O3/c1-11-8-13(19-2)15(14(9-11)20-3)12(10-18)17-6-4-16-5-7-17/h8-9,12,16,18H,4-7,10H2,1-3H3/t12-/m0/s1. The minimum Gasteiger partial charge on any atom is -0.496 e. The Labute approximate surface area is 120 Å². The van der Waals surface area contributed by atoms with E-state index in [9.17, 15) is 5.11 Å². The van der Waals surface area contributed by atoms with Crippen LogP contribution in [0.3, 0.4) is 0 Å². The highest BCUT2D eigenvalue weighted by Crippen LogP contribution is 2.38. The van der Waals surface area contributed by atoms with E-state index in [1.807, 2.05) is 19.1 Å². The highest BCUT2D eigenvalue weighted by Gasteiger charge is 2.27. The van der Waals surface area contributed by atoms with Crippen LogP contribution in [0.1, 0.15) is 17.2 Å². The molecule has 1 aromatic rings. The van der Waals surface area contributed by atoms with Gasteiger partial charge in [0, 0.05) is 26.2 Å². The molecule has 1 aliphatic heterocycles. The molecule has 0 unspecified atom stereocenters. The molecule has 0 aromatic heterocycles. The van der Waals surface area contributed by atoms with Crippen LogP contribution in [0, 0.1) is 6.92 Å². The largest absolute Gasteiger partial charge is 0.496 e. The molecule has 20 heavy (non-hydrogen) atoms. The minimum absolute atomic E-state index is 0.0514. The molecule has 0 aliphatic carbocycles. The fraction of sp³-hybridized carbons (Fsp3) is 0.600. The van der Waals surface area contributed by atoms with Gasteiger partial charge in [-0.05, 0) is 24.6 Å². The number of benzene rings is 1. The average molecular weight is 280 g/mol. The summed E-state index contributed by atoms with van der Waals surface area (Å²) in [6, 6.07) is 3.88. The lowest BCUT2D eigenvalue weighted by atomic mass is 10.0. The summed E-state index contributed by atoms with van der Waals surface area (Å²) in [5, 5.41) is 13.2. The lowest BCUT2D eigenvalue weighted by Gasteiger charge is -2.35. The number of aliphatic hydroxyl groups is 1. The van der Waals surface area contributed by atoms with Gasteiger partial charge < -0.3 is 19.9 Å². The van der Waals surface area contributed by atoms with Gasteiger partial charge >= 0.3 is 0 Å². The molecule has 0 radical (unpaired) electrons. The molecular weight excluding hydrogens is 256 g/mol. The van der Waals surface area contributed by atoms with Crippen molar-refractivity contribution in [3.05, 3.63) is 23.3 Å². The molecule has 2 N–H and O–H groups in total. The molecular formula is C15H24N2O3. The zero-order valence-corrected chi connectivity index (χ0v) is 12.5. The molecule has 2 rings (SSSR count). The van der Waals surface area contributed by atoms with E-state index in [0.717, 1.165) is 48.8 Å². The summed E-state index contributed by atoms with van der Waals surface area (Å²) in [6.07, 6.45) is 0. The number of ether oxygens (including phenoxy) is 2. The van der Waals surface area contributed by atoms with Crippen LogP contribution in [0.25, 0.3) is 0 Å². The minimum atomic E-state index is -0.0948. The molecule has 0 saturated carbocycles. The first-order valence-electron chi connectivity index (χ1n) is 6.99. The molecule has 1 heterocycles. The Hall–Kier alpha value is -1.30. The van der Waals surface area contributed by atoms with Gasteiger partial charge in [0.05, 0.1) is 32.4 Å². The summed E-state index contributed by atoms with van der Waals surface area (Å²) >= 11 is 0. The zero-order valence-electron chi connectivity index (χ0n) is 12.5. The molecule has 1 atom stereocenters. The Balaban J connectivity index is 2.41. The number of piperazine rings is 1. The zero-order chi connectivity index (χ0) is 14.5. The van der Waals surface area contributed by atoms with E-state index in [1.54, 1.807) is 14.2 Å². The van der Waals surface area contributed by atoms with E-state index in [-0.39, 0.29) is 12.6 Å². The maximum Gasteiger partial charge on any atom is 0.127 e. The number of rotatable bonds is 5. The van der Waals surface area contributed by atoms with Crippen molar-refractivity contribution in [2.24, 2.45) is 0 Å². The molecule has 0 amide bonds. The lowest BCUT2D eigenvalue weighted by molar-refractivity contribution is 0.107. The fourth-order valence-corrected chi connectivity index (χ4v) is 2.78. The van der Waals surface area contributed by atoms with Crippen LogP contribution < -0.4 is 14.8 Å². The van der Waals surface area contributed by atoms with Crippen molar-refractivity contribution in [1.82, 2.24) is 10.2 Å². The number of hydrogen-bond donors (Lipinski definition) is 2. The van der Waals surface area contributed by atoms with Crippen LogP contribution in [0.5, 0.6) is 11.5 Å². The van der Waals surface area contributed by atoms with Gasteiger partial charge in [0.1, 0.15) is 11.5 Å². The van der Waals surface area contributed by atoms with Gasteiger partial charge in [0.25, 0.3) is 0 Å². The van der Waals surface area contributed by atoms with Crippen molar-refractivity contribution >= 4 is 0 Å². The van der Waals surface area contributed by atoms with Gasteiger partial charge in [-0.15, -0.1) is 0 Å². The van der Waals surface area contributed by atoms with E-state index in [4.69, 9.17) is 9.47 Å². The molecule has 5 heteroatoms. The van der Waals surface area contributed by atoms with E-state index >= 15 is 0 Å². The fourth-order valence-electron chi connectivity index (χ4n) is 2.78. The van der Waals surface area contributed by atoms with Gasteiger partial charge in [-0.3, -0.25) is 4.90 Å². The van der Waals surface area contributed by atoms with Crippen molar-refractivity contribution < 1.29 is 14.6 Å². The Morgan fingerprint density at radius 2 is 1.75 bits per heavy atom. The molecule has 5 nitrogen and oxygen atoms in total. The van der Waals surface area contributed by atoms with Crippen molar-refractivity contribution in [2.45, 2.75) is 13.0 Å². The van der Waals surface area contributed by atoms with Crippen LogP contribution in [-0.2, 0) is 0 Å². The average Bonchev–Trinajstić information content (AvgIpc) is 2.49. The highest BCUT2D eigenvalue weighted by molar-refractivity contribution is 5.50. The second-order valence-electron chi connectivity index (χ2n) is 5.07. The molecule has 0 spiro atoms. The smallest absolute Gasteiger partial charge is 0.127 e. The van der Waals surface area contributed by atoms with E-state index in [2.05, 4.69) is 10.2 Å². The summed E-state index contributed by atoms with van der Waals surface area (Å²) < 4.78 is 11.0. The monoisotopic (exact) mass is 280 g/mol. The van der Waals surface area contributed by atoms with Crippen LogP contribution in [0.4, 0.5) is 0 Å². The predicted molar refractivity (Wildman–Crippen MR) is 78.6 cm³/mol. The summed E-state index contributed by atoms with van der Waals surface area (Å²) in [6.45, 7) is 5.75. The van der Waals surface area contributed by atoms with Crippen molar-refractivity contribution in [3.8, 4) is 11.5 Å². The van der Waals surface area contributed by atoms with Gasteiger partial charge in [-0.25, -0.2) is 0 Å². The summed E-state index contributed by atoms with van der Waals surface area (Å²) in [5.74, 6) is 1.55. The molecule has 1 aromatic carbocycles. The predicted octanol–water partition coefficient (Wildman–Crippen LogP) is 0.951. The molecule has 1 fully saturated rings. The SMILES string of the molecule is COc1cc(C)cc(OC)c1[C@H](CO)N1CCNCC1. The van der Waals surface area contributed by atoms with Gasteiger partial charge in [-0.2, -0.15) is 0 Å². The van der Waals surface area contributed by atoms with Crippen molar-refractivity contribution in [2.75, 3.05) is 47.0 Å². The Bertz CT molecular complexity index is 420. The summed E-state index contributed by atoms with van der Waals surface area (Å²) in [7, 11) is 3.31. The molecule has 1 aliphatic rings. The number of methoxy groups -OCH3 is 2. The summed E-state index contributed by atoms with van der Waals surface area (Å²) in [4.78, 5) is 2.27. The first-order valence-corrected chi connectivity index (χ1v) is 6.99. The maximum atomic E-state index is 9.87. The van der Waals surface area contributed by atoms with E-state index < -0.39 is 0 Å². The second kappa shape index (κ2) is 6.92. The molecule has 1 saturated heterocycles. The number of aliphatic hydroxyl groups excluding tert-OH is 1. The quantitative estimate of drug-likeness (QED) is 0.841. The number of aryl methyl sites for hydroxylation is 1. The number of nitrogens with zero attached hydrogens (tertiary/aromatic N) is 1. The maximum absolute atomic E-state index is 9.87.